The zero-order valence-electron chi connectivity index (χ0n) is 23.3. The average Bonchev–Trinajstić information content (AvgIpc) is 3.53. The van der Waals surface area contributed by atoms with E-state index < -0.39 is 0 Å². The second-order valence-electron chi connectivity index (χ2n) is 11.7. The van der Waals surface area contributed by atoms with E-state index in [9.17, 15) is 0 Å². The van der Waals surface area contributed by atoms with Crippen molar-refractivity contribution in [3.63, 3.8) is 0 Å². The Kier molecular flexibility index (Phi) is 4.65. The minimum atomic E-state index is -0.388. The van der Waals surface area contributed by atoms with Crippen LogP contribution in [-0.4, -0.2) is 4.57 Å². The van der Waals surface area contributed by atoms with Crippen LogP contribution in [0.25, 0.3) is 49.4 Å². The quantitative estimate of drug-likeness (QED) is 0.192. The Labute approximate surface area is 254 Å². The zero-order valence-corrected chi connectivity index (χ0v) is 24.1. The van der Waals surface area contributed by atoms with E-state index in [4.69, 9.17) is 0 Å². The van der Waals surface area contributed by atoms with Gasteiger partial charge in [-0.3, -0.25) is 0 Å². The fraction of sp³-hybridized carbons (Fsp3) is 0.0244. The van der Waals surface area contributed by atoms with E-state index in [1.807, 2.05) is 11.8 Å². The molecule has 200 valence electrons. The molecular formula is C41H25NS. The molecule has 0 saturated heterocycles. The highest BCUT2D eigenvalue weighted by atomic mass is 32.2. The van der Waals surface area contributed by atoms with Gasteiger partial charge in [0.05, 0.1) is 16.4 Å². The van der Waals surface area contributed by atoms with Gasteiger partial charge in [-0.25, -0.2) is 0 Å². The van der Waals surface area contributed by atoms with Crippen molar-refractivity contribution in [2.75, 3.05) is 0 Å². The zero-order chi connectivity index (χ0) is 28.1. The van der Waals surface area contributed by atoms with Crippen LogP contribution in [0.4, 0.5) is 0 Å². The molecule has 0 saturated carbocycles. The van der Waals surface area contributed by atoms with Crippen LogP contribution in [0.15, 0.2) is 161 Å². The van der Waals surface area contributed by atoms with E-state index in [-0.39, 0.29) is 5.41 Å². The van der Waals surface area contributed by atoms with Gasteiger partial charge in [0, 0.05) is 26.3 Å². The Morgan fingerprint density at radius 3 is 1.72 bits per heavy atom. The van der Waals surface area contributed by atoms with Gasteiger partial charge in [-0.2, -0.15) is 0 Å². The van der Waals surface area contributed by atoms with Gasteiger partial charge < -0.3 is 4.57 Å². The summed E-state index contributed by atoms with van der Waals surface area (Å²) in [6.07, 6.45) is 0. The smallest absolute Gasteiger partial charge is 0.0736 e. The van der Waals surface area contributed by atoms with Gasteiger partial charge in [0.15, 0.2) is 0 Å². The SMILES string of the molecule is c1ccc(-n2c3cc4c(cc3c3cc5ccccc5cc32)-c2ccccc2C42c3ccccc3Sc3ccccc32)cc1. The molecule has 0 atom stereocenters. The van der Waals surface area contributed by atoms with E-state index in [1.165, 1.54) is 81.4 Å². The number of benzene rings is 7. The lowest BCUT2D eigenvalue weighted by atomic mass is 9.67. The van der Waals surface area contributed by atoms with Gasteiger partial charge in [-0.1, -0.05) is 115 Å². The second kappa shape index (κ2) is 8.50. The van der Waals surface area contributed by atoms with E-state index in [2.05, 4.69) is 156 Å². The fourth-order valence-electron chi connectivity index (χ4n) is 7.90. The van der Waals surface area contributed by atoms with E-state index in [0.717, 1.165) is 0 Å². The van der Waals surface area contributed by atoms with Gasteiger partial charge in [0.25, 0.3) is 0 Å². The summed E-state index contributed by atoms with van der Waals surface area (Å²) >= 11 is 1.90. The van der Waals surface area contributed by atoms with Crippen LogP contribution in [-0.2, 0) is 5.41 Å². The van der Waals surface area contributed by atoms with Crippen molar-refractivity contribution in [1.82, 2.24) is 4.57 Å². The van der Waals surface area contributed by atoms with Crippen molar-refractivity contribution < 1.29 is 0 Å². The number of rotatable bonds is 1. The Balaban J connectivity index is 1.42. The third-order valence-electron chi connectivity index (χ3n) is 9.61. The maximum absolute atomic E-state index is 2.52. The van der Waals surface area contributed by atoms with Crippen LogP contribution in [0.5, 0.6) is 0 Å². The molecule has 43 heavy (non-hydrogen) atoms. The molecule has 8 aromatic rings. The molecule has 1 spiro atoms. The number of hydrogen-bond donors (Lipinski definition) is 0. The molecule has 1 nitrogen and oxygen atoms in total. The first-order chi connectivity index (χ1) is 21.3. The average molecular weight is 564 g/mol. The minimum Gasteiger partial charge on any atom is -0.309 e. The lowest BCUT2D eigenvalue weighted by Gasteiger charge is -2.39. The monoisotopic (exact) mass is 563 g/mol. The molecule has 7 aromatic carbocycles. The second-order valence-corrected chi connectivity index (χ2v) is 12.8. The van der Waals surface area contributed by atoms with Gasteiger partial charge in [-0.05, 0) is 92.7 Å². The first-order valence-corrected chi connectivity index (χ1v) is 15.7. The largest absolute Gasteiger partial charge is 0.309 e. The molecule has 2 heterocycles. The van der Waals surface area contributed by atoms with Crippen LogP contribution < -0.4 is 0 Å². The van der Waals surface area contributed by atoms with Crippen molar-refractivity contribution in [1.29, 1.82) is 0 Å². The molecule has 0 N–H and O–H groups in total. The molecule has 1 aliphatic heterocycles. The first kappa shape index (κ1) is 23.5. The number of aromatic nitrogens is 1. The van der Waals surface area contributed by atoms with E-state index in [0.29, 0.717) is 0 Å². The highest BCUT2D eigenvalue weighted by molar-refractivity contribution is 7.99. The first-order valence-electron chi connectivity index (χ1n) is 14.9. The molecule has 0 bridgehead atoms. The molecule has 1 aliphatic carbocycles. The molecule has 0 radical (unpaired) electrons. The molecule has 10 rings (SSSR count). The maximum Gasteiger partial charge on any atom is 0.0736 e. The third-order valence-corrected chi connectivity index (χ3v) is 10.8. The summed E-state index contributed by atoms with van der Waals surface area (Å²) in [5.74, 6) is 0. The Hall–Kier alpha value is -5.05. The number of hydrogen-bond acceptors (Lipinski definition) is 1. The highest BCUT2D eigenvalue weighted by Crippen LogP contribution is 2.62. The van der Waals surface area contributed by atoms with Gasteiger partial charge in [0.2, 0.25) is 0 Å². The van der Waals surface area contributed by atoms with Crippen LogP contribution >= 0.6 is 11.8 Å². The maximum atomic E-state index is 2.52. The minimum absolute atomic E-state index is 0.388. The van der Waals surface area contributed by atoms with Crippen LogP contribution in [0, 0.1) is 0 Å². The van der Waals surface area contributed by atoms with Gasteiger partial charge in [-0.15, -0.1) is 0 Å². The van der Waals surface area contributed by atoms with Crippen molar-refractivity contribution in [2.24, 2.45) is 0 Å². The summed E-state index contributed by atoms with van der Waals surface area (Å²) in [6.45, 7) is 0. The summed E-state index contributed by atoms with van der Waals surface area (Å²) < 4.78 is 2.48. The number of fused-ring (bicyclic) bond motifs is 13. The summed E-state index contributed by atoms with van der Waals surface area (Å²) in [5.41, 5.74) is 11.4. The van der Waals surface area contributed by atoms with Crippen LogP contribution in [0.2, 0.25) is 0 Å². The van der Waals surface area contributed by atoms with Crippen LogP contribution in [0.1, 0.15) is 22.3 Å². The van der Waals surface area contributed by atoms with Gasteiger partial charge in [0.1, 0.15) is 0 Å². The number of para-hydroxylation sites is 1. The summed E-state index contributed by atoms with van der Waals surface area (Å²) in [4.78, 5) is 2.66. The van der Waals surface area contributed by atoms with Crippen molar-refractivity contribution >= 4 is 44.3 Å². The van der Waals surface area contributed by atoms with E-state index in [1.54, 1.807) is 0 Å². The normalized spacial score (nSPS) is 14.1. The molecule has 0 amide bonds. The lowest BCUT2D eigenvalue weighted by Crippen LogP contribution is -2.31. The van der Waals surface area contributed by atoms with E-state index >= 15 is 0 Å². The topological polar surface area (TPSA) is 4.93 Å². The van der Waals surface area contributed by atoms with Crippen molar-refractivity contribution in [2.45, 2.75) is 15.2 Å². The standard InChI is InChI=1S/C41H25NS/c1-2-14-28(15-3-1)42-37-23-27-13-5-4-12-26(27)22-31(37)32-24-30-29-16-6-7-17-33(29)41(36(30)25-38(32)42)34-18-8-10-20-39(34)43-40-21-11-9-19-35(40)41/h1-25H. The Bertz CT molecular complexity index is 2390. The molecular weight excluding hydrogens is 539 g/mol. The Morgan fingerprint density at radius 1 is 0.419 bits per heavy atom. The third kappa shape index (κ3) is 2.99. The van der Waals surface area contributed by atoms with Crippen LogP contribution in [0.3, 0.4) is 0 Å². The summed E-state index contributed by atoms with van der Waals surface area (Å²) in [5, 5.41) is 5.11. The van der Waals surface area contributed by atoms with Gasteiger partial charge >= 0.3 is 0 Å². The van der Waals surface area contributed by atoms with Crippen molar-refractivity contribution in [3.8, 4) is 16.8 Å². The molecule has 2 aliphatic rings. The molecule has 1 aromatic heterocycles. The summed E-state index contributed by atoms with van der Waals surface area (Å²) in [7, 11) is 0. The molecule has 0 fully saturated rings. The summed E-state index contributed by atoms with van der Waals surface area (Å²) in [6, 6.07) is 56.5. The molecule has 2 heteroatoms. The highest BCUT2D eigenvalue weighted by Gasteiger charge is 2.50. The predicted molar refractivity (Wildman–Crippen MR) is 180 cm³/mol. The predicted octanol–water partition coefficient (Wildman–Crippen LogP) is 10.8. The lowest BCUT2D eigenvalue weighted by molar-refractivity contribution is 0.723. The number of nitrogens with zero attached hydrogens (tertiary/aromatic N) is 1. The molecule has 0 unspecified atom stereocenters. The fourth-order valence-corrected chi connectivity index (χ4v) is 9.09. The Morgan fingerprint density at radius 2 is 0.977 bits per heavy atom. The van der Waals surface area contributed by atoms with Crippen molar-refractivity contribution in [3.05, 3.63) is 174 Å².